The number of carboxylic acids is 1. The molecule has 78 valence electrons. The molecular weight excluding hydrogens is 184 g/mol. The van der Waals surface area contributed by atoms with Crippen LogP contribution in [0.3, 0.4) is 0 Å². The second-order valence-corrected chi connectivity index (χ2v) is 4.64. The van der Waals surface area contributed by atoms with Gasteiger partial charge in [0.15, 0.2) is 0 Å². The predicted octanol–water partition coefficient (Wildman–Crippen LogP) is 2.98. The van der Waals surface area contributed by atoms with Crippen molar-refractivity contribution in [3.63, 3.8) is 0 Å². The summed E-state index contributed by atoms with van der Waals surface area (Å²) in [5.74, 6) is 0.0166. The maximum atomic E-state index is 10.3. The second-order valence-electron chi connectivity index (χ2n) is 3.91. The largest absolute Gasteiger partial charge is 0.481 e. The molecule has 0 bridgehead atoms. The molecule has 0 rings (SSSR count). The van der Waals surface area contributed by atoms with Crippen molar-refractivity contribution >= 4 is 18.6 Å². The highest BCUT2D eigenvalue weighted by Crippen LogP contribution is 2.15. The summed E-state index contributed by atoms with van der Waals surface area (Å²) in [4.78, 5) is 10.3. The van der Waals surface area contributed by atoms with E-state index >= 15 is 0 Å². The fourth-order valence-corrected chi connectivity index (χ4v) is 1.51. The van der Waals surface area contributed by atoms with Crippen LogP contribution in [-0.2, 0) is 4.79 Å². The Balaban J connectivity index is 3.30. The Morgan fingerprint density at radius 1 is 1.31 bits per heavy atom. The summed E-state index contributed by atoms with van der Waals surface area (Å²) in [5, 5.41) is 8.70. The minimum absolute atomic E-state index is 0.246. The van der Waals surface area contributed by atoms with E-state index in [0.29, 0.717) is 6.42 Å². The average Bonchev–Trinajstić information content (AvgIpc) is 2.00. The van der Waals surface area contributed by atoms with E-state index in [1.165, 1.54) is 6.42 Å². The third-order valence-corrected chi connectivity index (χ3v) is 2.53. The fraction of sp³-hybridized carbons (Fsp3) is 0.900. The summed E-state index contributed by atoms with van der Waals surface area (Å²) in [5.41, 5.74) is 0. The van der Waals surface area contributed by atoms with Crippen LogP contribution in [0.4, 0.5) is 0 Å². The first kappa shape index (κ1) is 12.8. The highest BCUT2D eigenvalue weighted by Gasteiger charge is 2.06. The second kappa shape index (κ2) is 7.25. The molecule has 0 spiro atoms. The molecule has 0 aliphatic heterocycles. The Morgan fingerprint density at radius 2 is 1.92 bits per heavy atom. The maximum absolute atomic E-state index is 10.3. The highest BCUT2D eigenvalue weighted by atomic mass is 32.1. The molecule has 0 heterocycles. The van der Waals surface area contributed by atoms with Gasteiger partial charge in [-0.3, -0.25) is 4.79 Å². The molecule has 0 radical (unpaired) electrons. The highest BCUT2D eigenvalue weighted by molar-refractivity contribution is 7.80. The normalized spacial score (nSPS) is 13.2. The van der Waals surface area contributed by atoms with E-state index in [0.717, 1.165) is 18.8 Å². The molecule has 2 nitrogen and oxygen atoms in total. The first-order valence-electron chi connectivity index (χ1n) is 4.92. The number of carboxylic acid groups (broad SMARTS) is 1. The number of carbonyl (C=O) groups is 1. The van der Waals surface area contributed by atoms with Crippen molar-refractivity contribution in [1.29, 1.82) is 0 Å². The quantitative estimate of drug-likeness (QED) is 0.626. The summed E-state index contributed by atoms with van der Waals surface area (Å²) in [6, 6.07) is 0. The number of aliphatic carboxylic acids is 1. The van der Waals surface area contributed by atoms with Crippen LogP contribution in [0, 0.1) is 5.92 Å². The lowest BCUT2D eigenvalue weighted by atomic mass is 10.0. The van der Waals surface area contributed by atoms with Gasteiger partial charge in [-0.05, 0) is 18.8 Å². The number of thiol groups is 1. The van der Waals surface area contributed by atoms with Crippen molar-refractivity contribution in [2.45, 2.75) is 51.2 Å². The molecule has 0 amide bonds. The molecule has 1 atom stereocenters. The molecule has 0 aromatic heterocycles. The Kier molecular flexibility index (Phi) is 7.14. The van der Waals surface area contributed by atoms with Gasteiger partial charge < -0.3 is 5.11 Å². The van der Waals surface area contributed by atoms with E-state index < -0.39 is 5.97 Å². The predicted molar refractivity (Wildman–Crippen MR) is 58.3 cm³/mol. The zero-order valence-corrected chi connectivity index (χ0v) is 9.39. The summed E-state index contributed by atoms with van der Waals surface area (Å²) in [6.07, 6.45) is 4.34. The molecule has 1 N–H and O–H groups in total. The third-order valence-electron chi connectivity index (χ3n) is 2.01. The average molecular weight is 204 g/mol. The van der Waals surface area contributed by atoms with Gasteiger partial charge in [0.1, 0.15) is 0 Å². The Morgan fingerprint density at radius 3 is 2.38 bits per heavy atom. The van der Waals surface area contributed by atoms with Crippen molar-refractivity contribution in [3.8, 4) is 0 Å². The standard InChI is InChI=1S/C10H20O2S/c1-8(2)4-3-5-9(13)6-7-10(11)12/h8-9,13H,3-7H2,1-2H3,(H,11,12). The summed E-state index contributed by atoms with van der Waals surface area (Å²) >= 11 is 4.34. The minimum Gasteiger partial charge on any atom is -0.481 e. The van der Waals surface area contributed by atoms with E-state index in [2.05, 4.69) is 26.5 Å². The van der Waals surface area contributed by atoms with E-state index in [1.807, 2.05) is 0 Å². The van der Waals surface area contributed by atoms with Gasteiger partial charge in [0, 0.05) is 11.7 Å². The molecule has 0 saturated carbocycles. The van der Waals surface area contributed by atoms with Gasteiger partial charge in [-0.1, -0.05) is 26.7 Å². The SMILES string of the molecule is CC(C)CCCC(S)CCC(=O)O. The van der Waals surface area contributed by atoms with Crippen molar-refractivity contribution in [3.05, 3.63) is 0 Å². The minimum atomic E-state index is -0.720. The first-order chi connectivity index (χ1) is 6.02. The van der Waals surface area contributed by atoms with E-state index in [1.54, 1.807) is 0 Å². The van der Waals surface area contributed by atoms with Gasteiger partial charge in [-0.25, -0.2) is 0 Å². The van der Waals surface area contributed by atoms with Crippen LogP contribution in [-0.4, -0.2) is 16.3 Å². The van der Waals surface area contributed by atoms with Crippen LogP contribution in [0.15, 0.2) is 0 Å². The van der Waals surface area contributed by atoms with Crippen LogP contribution in [0.2, 0.25) is 0 Å². The van der Waals surface area contributed by atoms with Gasteiger partial charge in [0.25, 0.3) is 0 Å². The van der Waals surface area contributed by atoms with Gasteiger partial charge in [0.05, 0.1) is 0 Å². The van der Waals surface area contributed by atoms with Gasteiger partial charge in [-0.15, -0.1) is 0 Å². The molecule has 3 heteroatoms. The Hall–Kier alpha value is -0.180. The molecule has 1 unspecified atom stereocenters. The van der Waals surface area contributed by atoms with Crippen LogP contribution in [0.5, 0.6) is 0 Å². The van der Waals surface area contributed by atoms with E-state index in [9.17, 15) is 4.79 Å². The Bertz CT molecular complexity index is 146. The maximum Gasteiger partial charge on any atom is 0.303 e. The summed E-state index contributed by atoms with van der Waals surface area (Å²) in [6.45, 7) is 4.40. The third kappa shape index (κ3) is 9.74. The fourth-order valence-electron chi connectivity index (χ4n) is 1.20. The van der Waals surface area contributed by atoms with Crippen molar-refractivity contribution in [2.75, 3.05) is 0 Å². The van der Waals surface area contributed by atoms with Crippen molar-refractivity contribution in [2.24, 2.45) is 5.92 Å². The molecule has 13 heavy (non-hydrogen) atoms. The van der Waals surface area contributed by atoms with Gasteiger partial charge >= 0.3 is 5.97 Å². The summed E-state index contributed by atoms with van der Waals surface area (Å²) in [7, 11) is 0. The zero-order chi connectivity index (χ0) is 10.3. The smallest absolute Gasteiger partial charge is 0.303 e. The van der Waals surface area contributed by atoms with Crippen LogP contribution < -0.4 is 0 Å². The first-order valence-corrected chi connectivity index (χ1v) is 5.44. The number of hydrogen-bond donors (Lipinski definition) is 2. The molecule has 0 aliphatic rings. The van der Waals surface area contributed by atoms with E-state index in [4.69, 9.17) is 5.11 Å². The summed E-state index contributed by atoms with van der Waals surface area (Å²) < 4.78 is 0. The lowest BCUT2D eigenvalue weighted by Crippen LogP contribution is -2.04. The van der Waals surface area contributed by atoms with Crippen LogP contribution in [0.25, 0.3) is 0 Å². The Labute approximate surface area is 86.1 Å². The van der Waals surface area contributed by atoms with Gasteiger partial charge in [0.2, 0.25) is 0 Å². The van der Waals surface area contributed by atoms with Crippen LogP contribution >= 0.6 is 12.6 Å². The lowest BCUT2D eigenvalue weighted by molar-refractivity contribution is -0.137. The van der Waals surface area contributed by atoms with Crippen molar-refractivity contribution < 1.29 is 9.90 Å². The molecule has 0 aliphatic carbocycles. The monoisotopic (exact) mass is 204 g/mol. The molecule has 0 saturated heterocycles. The van der Waals surface area contributed by atoms with Crippen LogP contribution in [0.1, 0.15) is 46.0 Å². The van der Waals surface area contributed by atoms with E-state index in [-0.39, 0.29) is 11.7 Å². The number of hydrogen-bond acceptors (Lipinski definition) is 2. The topological polar surface area (TPSA) is 37.3 Å². The molecule has 0 aromatic rings. The molecular formula is C10H20O2S. The molecule has 0 aromatic carbocycles. The van der Waals surface area contributed by atoms with Crippen molar-refractivity contribution in [1.82, 2.24) is 0 Å². The number of rotatable bonds is 7. The zero-order valence-electron chi connectivity index (χ0n) is 8.49. The lowest BCUT2D eigenvalue weighted by Gasteiger charge is -2.09. The van der Waals surface area contributed by atoms with Gasteiger partial charge in [-0.2, -0.15) is 12.6 Å². The molecule has 0 fully saturated rings.